The summed E-state index contributed by atoms with van der Waals surface area (Å²) in [5.41, 5.74) is 8.75. The molecule has 1 atom stereocenters. The van der Waals surface area contributed by atoms with Gasteiger partial charge < -0.3 is 20.1 Å². The number of carbonyl (C=O) groups is 1. The van der Waals surface area contributed by atoms with Crippen LogP contribution in [0.1, 0.15) is 27.8 Å². The van der Waals surface area contributed by atoms with Crippen molar-refractivity contribution >= 4 is 11.6 Å². The number of nitrogens with zero attached hydrogens (tertiary/aromatic N) is 2. The van der Waals surface area contributed by atoms with Crippen molar-refractivity contribution in [2.24, 2.45) is 0 Å². The molecule has 1 fully saturated rings. The highest BCUT2D eigenvalue weighted by Crippen LogP contribution is 2.24. The fourth-order valence-corrected chi connectivity index (χ4v) is 2.84. The Kier molecular flexibility index (Phi) is 4.66. The summed E-state index contributed by atoms with van der Waals surface area (Å²) in [6.07, 6.45) is -0.268. The van der Waals surface area contributed by atoms with Crippen molar-refractivity contribution in [2.75, 3.05) is 32.5 Å². The van der Waals surface area contributed by atoms with Gasteiger partial charge in [-0.1, -0.05) is 6.07 Å². The average Bonchev–Trinajstić information content (AvgIpc) is 2.60. The summed E-state index contributed by atoms with van der Waals surface area (Å²) >= 11 is 0. The van der Waals surface area contributed by atoms with E-state index in [0.717, 1.165) is 11.4 Å². The van der Waals surface area contributed by atoms with Crippen LogP contribution in [0.5, 0.6) is 5.75 Å². The maximum absolute atomic E-state index is 12.7. The van der Waals surface area contributed by atoms with Crippen molar-refractivity contribution < 1.29 is 14.3 Å². The van der Waals surface area contributed by atoms with E-state index in [0.29, 0.717) is 36.7 Å². The Hall–Kier alpha value is -2.60. The number of carbonyl (C=O) groups excluding carboxylic acids is 1. The number of aromatic nitrogens is 1. The van der Waals surface area contributed by atoms with Gasteiger partial charge in [-0.3, -0.25) is 9.78 Å². The molecule has 1 saturated heterocycles. The van der Waals surface area contributed by atoms with Crippen molar-refractivity contribution in [2.45, 2.75) is 13.0 Å². The summed E-state index contributed by atoms with van der Waals surface area (Å²) in [5, 5.41) is 0. The number of ether oxygens (including phenoxy) is 2. The zero-order valence-electron chi connectivity index (χ0n) is 13.9. The van der Waals surface area contributed by atoms with Crippen molar-refractivity contribution in [1.82, 2.24) is 9.88 Å². The molecule has 1 aliphatic heterocycles. The Morgan fingerprint density at radius 2 is 2.21 bits per heavy atom. The number of morpholine rings is 1. The van der Waals surface area contributed by atoms with Crippen LogP contribution in [-0.4, -0.2) is 42.6 Å². The number of rotatable bonds is 3. The first-order valence-electron chi connectivity index (χ1n) is 7.86. The summed E-state index contributed by atoms with van der Waals surface area (Å²) in [6, 6.07) is 10.8. The third-order valence-electron chi connectivity index (χ3n) is 4.00. The predicted octanol–water partition coefficient (Wildman–Crippen LogP) is 2.19. The van der Waals surface area contributed by atoms with Crippen molar-refractivity contribution in [3.05, 3.63) is 53.3 Å². The lowest BCUT2D eigenvalue weighted by Crippen LogP contribution is -2.42. The van der Waals surface area contributed by atoms with Crippen molar-refractivity contribution in [1.29, 1.82) is 0 Å². The van der Waals surface area contributed by atoms with Crippen LogP contribution in [0.3, 0.4) is 0 Å². The number of benzene rings is 1. The van der Waals surface area contributed by atoms with Gasteiger partial charge in [0, 0.05) is 23.5 Å². The molecule has 1 aliphatic rings. The molecule has 2 N–H and O–H groups in total. The molecular formula is C18H21N3O3. The van der Waals surface area contributed by atoms with Crippen LogP contribution in [-0.2, 0) is 4.74 Å². The molecule has 6 nitrogen and oxygen atoms in total. The Morgan fingerprint density at radius 1 is 1.38 bits per heavy atom. The van der Waals surface area contributed by atoms with Crippen molar-refractivity contribution in [3.8, 4) is 5.75 Å². The molecule has 1 amide bonds. The molecule has 1 aromatic carbocycles. The Bertz CT molecular complexity index is 728. The molecule has 6 heteroatoms. The standard InChI is InChI=1S/C18H21N3O3/c1-12-8-14(19)10-16(20-12)17-11-21(6-7-24-17)18(22)13-4-3-5-15(9-13)23-2/h3-5,8-10,17H,6-7,11H2,1-2H3,(H2,19,20)/t17-/m0/s1. The van der Waals surface area contributed by atoms with Gasteiger partial charge in [0.25, 0.3) is 5.91 Å². The van der Waals surface area contributed by atoms with E-state index in [-0.39, 0.29) is 12.0 Å². The van der Waals surface area contributed by atoms with E-state index in [4.69, 9.17) is 15.2 Å². The van der Waals surface area contributed by atoms with E-state index < -0.39 is 0 Å². The van der Waals surface area contributed by atoms with Gasteiger partial charge >= 0.3 is 0 Å². The van der Waals surface area contributed by atoms with Gasteiger partial charge in [0.2, 0.25) is 0 Å². The van der Waals surface area contributed by atoms with Gasteiger partial charge in [0.1, 0.15) is 11.9 Å². The number of nitrogens with two attached hydrogens (primary N) is 1. The molecule has 2 aromatic rings. The highest BCUT2D eigenvalue weighted by atomic mass is 16.5. The number of aryl methyl sites for hydroxylation is 1. The van der Waals surface area contributed by atoms with E-state index in [1.807, 2.05) is 25.1 Å². The second-order valence-corrected chi connectivity index (χ2v) is 5.81. The van der Waals surface area contributed by atoms with Crippen LogP contribution >= 0.6 is 0 Å². The summed E-state index contributed by atoms with van der Waals surface area (Å²) in [5.74, 6) is 0.626. The minimum Gasteiger partial charge on any atom is -0.497 e. The number of methoxy groups -OCH3 is 1. The number of amides is 1. The maximum atomic E-state index is 12.7. The van der Waals surface area contributed by atoms with Crippen LogP contribution in [0, 0.1) is 6.92 Å². The summed E-state index contributed by atoms with van der Waals surface area (Å²) in [4.78, 5) is 19.0. The molecule has 0 saturated carbocycles. The van der Waals surface area contributed by atoms with Crippen LogP contribution in [0.25, 0.3) is 0 Å². The third kappa shape index (κ3) is 3.49. The number of nitrogen functional groups attached to an aromatic ring is 1. The molecule has 0 unspecified atom stereocenters. The molecule has 2 heterocycles. The van der Waals surface area contributed by atoms with Crippen LogP contribution in [0.2, 0.25) is 0 Å². The molecular weight excluding hydrogens is 306 g/mol. The lowest BCUT2D eigenvalue weighted by atomic mass is 10.1. The maximum Gasteiger partial charge on any atom is 0.254 e. The van der Waals surface area contributed by atoms with Crippen LogP contribution < -0.4 is 10.5 Å². The number of pyridine rings is 1. The minimum absolute atomic E-state index is 0.0391. The number of anilines is 1. The summed E-state index contributed by atoms with van der Waals surface area (Å²) < 4.78 is 11.0. The van der Waals surface area contributed by atoms with Gasteiger partial charge in [-0.2, -0.15) is 0 Å². The molecule has 0 aliphatic carbocycles. The second kappa shape index (κ2) is 6.88. The van der Waals surface area contributed by atoms with Gasteiger partial charge in [0.05, 0.1) is 26.0 Å². The second-order valence-electron chi connectivity index (χ2n) is 5.81. The molecule has 126 valence electrons. The van der Waals surface area contributed by atoms with Crippen molar-refractivity contribution in [3.63, 3.8) is 0 Å². The number of hydrogen-bond donors (Lipinski definition) is 1. The molecule has 24 heavy (non-hydrogen) atoms. The van der Waals surface area contributed by atoms with Crippen LogP contribution in [0.4, 0.5) is 5.69 Å². The fraction of sp³-hybridized carbons (Fsp3) is 0.333. The average molecular weight is 327 g/mol. The fourth-order valence-electron chi connectivity index (χ4n) is 2.84. The van der Waals surface area contributed by atoms with Gasteiger partial charge in [-0.05, 0) is 37.3 Å². The first-order chi connectivity index (χ1) is 11.6. The molecule has 3 rings (SSSR count). The summed E-state index contributed by atoms with van der Waals surface area (Å²) in [7, 11) is 1.59. The topological polar surface area (TPSA) is 77.7 Å². The molecule has 0 spiro atoms. The molecule has 0 bridgehead atoms. The summed E-state index contributed by atoms with van der Waals surface area (Å²) in [6.45, 7) is 3.36. The largest absolute Gasteiger partial charge is 0.497 e. The lowest BCUT2D eigenvalue weighted by molar-refractivity contribution is -0.0247. The zero-order valence-corrected chi connectivity index (χ0v) is 13.9. The highest BCUT2D eigenvalue weighted by molar-refractivity contribution is 5.94. The quantitative estimate of drug-likeness (QED) is 0.935. The van der Waals surface area contributed by atoms with E-state index in [9.17, 15) is 4.79 Å². The SMILES string of the molecule is COc1cccc(C(=O)N2CCO[C@H](c3cc(N)cc(C)n3)C2)c1. The van der Waals surface area contributed by atoms with E-state index in [1.54, 1.807) is 30.2 Å². The first kappa shape index (κ1) is 16.3. The van der Waals surface area contributed by atoms with E-state index in [1.165, 1.54) is 0 Å². The van der Waals surface area contributed by atoms with E-state index in [2.05, 4.69) is 4.98 Å². The van der Waals surface area contributed by atoms with E-state index >= 15 is 0 Å². The Balaban J connectivity index is 1.78. The van der Waals surface area contributed by atoms with Gasteiger partial charge in [0.15, 0.2) is 0 Å². The predicted molar refractivity (Wildman–Crippen MR) is 91.0 cm³/mol. The smallest absolute Gasteiger partial charge is 0.254 e. The highest BCUT2D eigenvalue weighted by Gasteiger charge is 2.27. The van der Waals surface area contributed by atoms with Gasteiger partial charge in [-0.15, -0.1) is 0 Å². The number of hydrogen-bond acceptors (Lipinski definition) is 5. The lowest BCUT2D eigenvalue weighted by Gasteiger charge is -2.33. The van der Waals surface area contributed by atoms with Gasteiger partial charge in [-0.25, -0.2) is 0 Å². The van der Waals surface area contributed by atoms with Crippen LogP contribution in [0.15, 0.2) is 36.4 Å². The normalized spacial score (nSPS) is 17.6. The third-order valence-corrected chi connectivity index (χ3v) is 4.00. The molecule has 1 aromatic heterocycles. The zero-order chi connectivity index (χ0) is 17.1. The monoisotopic (exact) mass is 327 g/mol. The molecule has 0 radical (unpaired) electrons. The Labute approximate surface area is 141 Å². The Morgan fingerprint density at radius 3 is 2.96 bits per heavy atom. The minimum atomic E-state index is -0.268. The first-order valence-corrected chi connectivity index (χ1v) is 7.86.